The summed E-state index contributed by atoms with van der Waals surface area (Å²) in [5, 5.41) is 1.05. The van der Waals surface area contributed by atoms with E-state index in [0.717, 1.165) is 17.3 Å². The number of fused-ring (bicyclic) bond motifs is 1. The van der Waals surface area contributed by atoms with Gasteiger partial charge in [-0.15, -0.1) is 0 Å². The van der Waals surface area contributed by atoms with Crippen molar-refractivity contribution in [1.29, 1.82) is 0 Å². The molecule has 1 saturated heterocycles. The molecule has 0 aliphatic carbocycles. The Labute approximate surface area is 147 Å². The van der Waals surface area contributed by atoms with Gasteiger partial charge in [-0.3, -0.25) is 14.2 Å². The normalized spacial score (nSPS) is 18.3. The Balaban J connectivity index is 1.73. The molecule has 0 saturated carbocycles. The molecule has 25 heavy (non-hydrogen) atoms. The summed E-state index contributed by atoms with van der Waals surface area (Å²) < 4.78 is 12.3. The molecular formula is C19H24N2O4. The van der Waals surface area contributed by atoms with Crippen LogP contribution in [0.15, 0.2) is 30.5 Å². The number of aromatic nitrogens is 1. The summed E-state index contributed by atoms with van der Waals surface area (Å²) in [6, 6.07) is 8.10. The van der Waals surface area contributed by atoms with E-state index < -0.39 is 0 Å². The number of hydrogen-bond donors (Lipinski definition) is 0. The summed E-state index contributed by atoms with van der Waals surface area (Å²) in [4.78, 5) is 25.5. The first-order chi connectivity index (χ1) is 12.1. The quantitative estimate of drug-likeness (QED) is 0.851. The molecule has 6 nitrogen and oxygen atoms in total. The number of rotatable bonds is 4. The highest BCUT2D eigenvalue weighted by molar-refractivity contribution is 5.91. The first kappa shape index (κ1) is 17.6. The van der Waals surface area contributed by atoms with Gasteiger partial charge in [0.15, 0.2) is 0 Å². The van der Waals surface area contributed by atoms with Gasteiger partial charge in [-0.05, 0) is 30.2 Å². The molecule has 2 aromatic rings. The van der Waals surface area contributed by atoms with Crippen LogP contribution in [0.3, 0.4) is 0 Å². The zero-order valence-corrected chi connectivity index (χ0v) is 14.7. The fourth-order valence-corrected chi connectivity index (χ4v) is 3.37. The van der Waals surface area contributed by atoms with Crippen LogP contribution in [0.5, 0.6) is 0 Å². The molecule has 6 heteroatoms. The van der Waals surface area contributed by atoms with E-state index in [1.165, 1.54) is 12.7 Å². The summed E-state index contributed by atoms with van der Waals surface area (Å²) in [6.45, 7) is 4.16. The van der Waals surface area contributed by atoms with E-state index in [4.69, 9.17) is 9.47 Å². The van der Waals surface area contributed by atoms with Gasteiger partial charge in [0.1, 0.15) is 6.61 Å². The summed E-state index contributed by atoms with van der Waals surface area (Å²) >= 11 is 0. The number of carbonyl (C=O) groups is 2. The highest BCUT2D eigenvalue weighted by atomic mass is 16.5. The number of methoxy groups -OCH3 is 1. The minimum atomic E-state index is 0.00647. The van der Waals surface area contributed by atoms with Gasteiger partial charge in [0.05, 0.1) is 18.7 Å². The Kier molecular flexibility index (Phi) is 5.50. The molecule has 0 spiro atoms. The monoisotopic (exact) mass is 344 g/mol. The van der Waals surface area contributed by atoms with Gasteiger partial charge in [-0.1, -0.05) is 6.07 Å². The van der Waals surface area contributed by atoms with Gasteiger partial charge >= 0.3 is 0 Å². The molecule has 3 rings (SSSR count). The molecule has 1 fully saturated rings. The van der Waals surface area contributed by atoms with Crippen molar-refractivity contribution in [3.8, 4) is 0 Å². The Morgan fingerprint density at radius 2 is 2.16 bits per heavy atom. The van der Waals surface area contributed by atoms with Crippen LogP contribution in [0, 0.1) is 5.92 Å². The van der Waals surface area contributed by atoms with Crippen molar-refractivity contribution in [2.24, 2.45) is 5.92 Å². The zero-order valence-electron chi connectivity index (χ0n) is 14.7. The van der Waals surface area contributed by atoms with Crippen molar-refractivity contribution in [1.82, 2.24) is 9.47 Å². The van der Waals surface area contributed by atoms with E-state index in [-0.39, 0.29) is 24.3 Å². The molecule has 2 heterocycles. The predicted octanol–water partition coefficient (Wildman–Crippen LogP) is 1.97. The third kappa shape index (κ3) is 4.08. The largest absolute Gasteiger partial charge is 0.379 e. The molecule has 1 aromatic carbocycles. The molecule has 1 atom stereocenters. The molecule has 134 valence electrons. The maximum atomic E-state index is 12.1. The molecule has 1 aromatic heterocycles. The second-order valence-corrected chi connectivity index (χ2v) is 6.52. The maximum Gasteiger partial charge on any atom is 0.248 e. The van der Waals surface area contributed by atoms with Crippen molar-refractivity contribution in [3.63, 3.8) is 0 Å². The average molecular weight is 344 g/mol. The Morgan fingerprint density at radius 1 is 1.32 bits per heavy atom. The fraction of sp³-hybridized carbons (Fsp3) is 0.474. The maximum absolute atomic E-state index is 12.1. The van der Waals surface area contributed by atoms with Gasteiger partial charge < -0.3 is 14.4 Å². The van der Waals surface area contributed by atoms with E-state index in [2.05, 4.69) is 6.07 Å². The third-order valence-corrected chi connectivity index (χ3v) is 4.58. The van der Waals surface area contributed by atoms with Crippen LogP contribution in [0.25, 0.3) is 10.9 Å². The van der Waals surface area contributed by atoms with E-state index in [1.807, 2.05) is 23.1 Å². The van der Waals surface area contributed by atoms with Gasteiger partial charge in [0.2, 0.25) is 11.8 Å². The lowest BCUT2D eigenvalue weighted by Crippen LogP contribution is -2.38. The van der Waals surface area contributed by atoms with E-state index in [0.29, 0.717) is 26.3 Å². The van der Waals surface area contributed by atoms with Crippen molar-refractivity contribution in [3.05, 3.63) is 36.0 Å². The highest BCUT2D eigenvalue weighted by Gasteiger charge is 2.22. The van der Waals surface area contributed by atoms with Crippen LogP contribution >= 0.6 is 0 Å². The first-order valence-electron chi connectivity index (χ1n) is 8.54. The topological polar surface area (TPSA) is 60.8 Å². The number of benzene rings is 1. The molecule has 1 aliphatic heterocycles. The zero-order chi connectivity index (χ0) is 17.8. The smallest absolute Gasteiger partial charge is 0.248 e. The Hall–Kier alpha value is -2.18. The van der Waals surface area contributed by atoms with Gasteiger partial charge in [-0.25, -0.2) is 0 Å². The summed E-state index contributed by atoms with van der Waals surface area (Å²) in [7, 11) is 1.53. The summed E-state index contributed by atoms with van der Waals surface area (Å²) in [5.41, 5.74) is 2.11. The van der Waals surface area contributed by atoms with Crippen LogP contribution in [0.1, 0.15) is 17.3 Å². The number of nitrogens with zero attached hydrogens (tertiary/aromatic N) is 2. The van der Waals surface area contributed by atoms with Crippen LogP contribution in [-0.4, -0.2) is 61.3 Å². The minimum Gasteiger partial charge on any atom is -0.379 e. The van der Waals surface area contributed by atoms with Crippen molar-refractivity contribution in [2.45, 2.75) is 13.3 Å². The summed E-state index contributed by atoms with van der Waals surface area (Å²) in [6.07, 6.45) is 2.63. The molecule has 0 bridgehead atoms. The lowest BCUT2D eigenvalue weighted by atomic mass is 9.98. The number of amides is 1. The fourth-order valence-electron chi connectivity index (χ4n) is 3.37. The molecule has 1 aliphatic rings. The molecule has 0 unspecified atom stereocenters. The molecule has 1 amide bonds. The molecule has 0 radical (unpaired) electrons. The van der Waals surface area contributed by atoms with Crippen molar-refractivity contribution >= 4 is 22.7 Å². The van der Waals surface area contributed by atoms with Crippen LogP contribution in [0.4, 0.5) is 0 Å². The highest BCUT2D eigenvalue weighted by Crippen LogP contribution is 2.21. The van der Waals surface area contributed by atoms with Gasteiger partial charge in [0.25, 0.3) is 0 Å². The van der Waals surface area contributed by atoms with E-state index in [1.54, 1.807) is 17.7 Å². The van der Waals surface area contributed by atoms with Crippen LogP contribution in [0.2, 0.25) is 0 Å². The number of carbonyl (C=O) groups excluding carboxylic acids is 2. The average Bonchev–Trinajstić information content (AvgIpc) is 2.86. The molecule has 0 N–H and O–H groups in total. The summed E-state index contributed by atoms with van der Waals surface area (Å²) in [5.74, 6) is 0.259. The Morgan fingerprint density at radius 3 is 2.92 bits per heavy atom. The first-order valence-corrected chi connectivity index (χ1v) is 8.54. The van der Waals surface area contributed by atoms with Gasteiger partial charge in [-0.2, -0.15) is 0 Å². The Bertz CT molecular complexity index is 768. The SMILES string of the molecule is COCC(=O)N1CCOC[C@@H](Cc2ccc3c(ccn3C(C)=O)c2)C1. The molecular weight excluding hydrogens is 320 g/mol. The van der Waals surface area contributed by atoms with Crippen LogP contribution < -0.4 is 0 Å². The number of hydrogen-bond acceptors (Lipinski definition) is 4. The third-order valence-electron chi connectivity index (χ3n) is 4.58. The predicted molar refractivity (Wildman–Crippen MR) is 94.7 cm³/mol. The number of ether oxygens (including phenoxy) is 2. The standard InChI is InChI=1S/C19H24N2O4/c1-14(22)21-6-5-17-10-15(3-4-18(17)21)9-16-11-20(7-8-25-12-16)19(23)13-24-2/h3-6,10,16H,7-9,11-13H2,1-2H3/t16-/m0/s1. The van der Waals surface area contributed by atoms with E-state index >= 15 is 0 Å². The lowest BCUT2D eigenvalue weighted by Gasteiger charge is -2.23. The van der Waals surface area contributed by atoms with Crippen molar-refractivity contribution < 1.29 is 19.1 Å². The van der Waals surface area contributed by atoms with Crippen LogP contribution in [-0.2, 0) is 20.7 Å². The second-order valence-electron chi connectivity index (χ2n) is 6.52. The second kappa shape index (κ2) is 7.80. The van der Waals surface area contributed by atoms with Crippen molar-refractivity contribution in [2.75, 3.05) is 40.0 Å². The van der Waals surface area contributed by atoms with E-state index in [9.17, 15) is 9.59 Å². The lowest BCUT2D eigenvalue weighted by molar-refractivity contribution is -0.135. The minimum absolute atomic E-state index is 0.00647. The van der Waals surface area contributed by atoms with Gasteiger partial charge in [0, 0.05) is 44.6 Å².